The van der Waals surface area contributed by atoms with Crippen molar-refractivity contribution in [2.45, 2.75) is 50.6 Å². The smallest absolute Gasteiger partial charge is 0.405 e. The first-order valence-electron chi connectivity index (χ1n) is 9.47. The van der Waals surface area contributed by atoms with Crippen LogP contribution in [0.3, 0.4) is 0 Å². The van der Waals surface area contributed by atoms with Crippen LogP contribution >= 0.6 is 0 Å². The van der Waals surface area contributed by atoms with Gasteiger partial charge in [-0.3, -0.25) is 9.89 Å². The summed E-state index contributed by atoms with van der Waals surface area (Å²) < 4.78 is 42.0. The lowest BCUT2D eigenvalue weighted by Gasteiger charge is -2.24. The summed E-state index contributed by atoms with van der Waals surface area (Å²) in [5.74, 6) is 0.562. The predicted molar refractivity (Wildman–Crippen MR) is 99.0 cm³/mol. The van der Waals surface area contributed by atoms with Crippen LogP contribution in [0.1, 0.15) is 37.7 Å². The van der Waals surface area contributed by atoms with Gasteiger partial charge in [-0.1, -0.05) is 25.1 Å². The molecule has 27 heavy (non-hydrogen) atoms. The van der Waals surface area contributed by atoms with Crippen LogP contribution < -0.4 is 15.4 Å². The molecule has 1 aliphatic carbocycles. The number of aliphatic imine (C=N–C) groups is 1. The summed E-state index contributed by atoms with van der Waals surface area (Å²) >= 11 is 0. The number of guanidine groups is 1. The summed E-state index contributed by atoms with van der Waals surface area (Å²) in [6.45, 7) is 5.16. The van der Waals surface area contributed by atoms with E-state index >= 15 is 0 Å². The van der Waals surface area contributed by atoms with E-state index in [-0.39, 0.29) is 17.7 Å². The molecule has 8 heteroatoms. The molecular formula is C19H27F3N4O. The molecule has 150 valence electrons. The SMILES string of the molecule is CCN1CCCC1CNC(=NC)NC1CC1c1ccccc1OC(F)(F)F. The first-order chi connectivity index (χ1) is 12.9. The van der Waals surface area contributed by atoms with Gasteiger partial charge in [-0.25, -0.2) is 0 Å². The minimum Gasteiger partial charge on any atom is -0.405 e. The number of benzene rings is 1. The van der Waals surface area contributed by atoms with Gasteiger partial charge in [0, 0.05) is 31.6 Å². The lowest BCUT2D eigenvalue weighted by atomic mass is 10.1. The Labute approximate surface area is 158 Å². The van der Waals surface area contributed by atoms with Crippen LogP contribution in [0.5, 0.6) is 5.75 Å². The number of nitrogens with zero attached hydrogens (tertiary/aromatic N) is 2. The zero-order valence-corrected chi connectivity index (χ0v) is 15.7. The van der Waals surface area contributed by atoms with Crippen molar-refractivity contribution in [3.8, 4) is 5.75 Å². The zero-order chi connectivity index (χ0) is 19.4. The van der Waals surface area contributed by atoms with Gasteiger partial charge < -0.3 is 15.4 Å². The number of hydrogen-bond acceptors (Lipinski definition) is 3. The van der Waals surface area contributed by atoms with E-state index in [1.165, 1.54) is 18.9 Å². The van der Waals surface area contributed by atoms with Crippen molar-refractivity contribution in [3.63, 3.8) is 0 Å². The molecule has 0 aromatic heterocycles. The number of halogens is 3. The molecule has 1 heterocycles. The Kier molecular flexibility index (Phi) is 6.14. The number of likely N-dealkylation sites (N-methyl/N-ethyl adjacent to an activating group) is 1. The Morgan fingerprint density at radius 2 is 2.11 bits per heavy atom. The highest BCUT2D eigenvalue weighted by Gasteiger charge is 2.42. The van der Waals surface area contributed by atoms with Gasteiger partial charge in [0.25, 0.3) is 0 Å². The Hall–Kier alpha value is -1.96. The fourth-order valence-corrected chi connectivity index (χ4v) is 3.83. The highest BCUT2D eigenvalue weighted by molar-refractivity contribution is 5.80. The number of nitrogens with one attached hydrogen (secondary N) is 2. The molecule has 1 aromatic carbocycles. The van der Waals surface area contributed by atoms with Crippen molar-refractivity contribution in [1.29, 1.82) is 0 Å². The Morgan fingerprint density at radius 3 is 2.81 bits per heavy atom. The van der Waals surface area contributed by atoms with Crippen molar-refractivity contribution in [3.05, 3.63) is 29.8 Å². The van der Waals surface area contributed by atoms with E-state index in [9.17, 15) is 13.2 Å². The van der Waals surface area contributed by atoms with E-state index in [1.807, 2.05) is 0 Å². The molecule has 1 aromatic rings. The molecule has 1 saturated heterocycles. The van der Waals surface area contributed by atoms with E-state index in [0.29, 0.717) is 17.6 Å². The number of likely N-dealkylation sites (tertiary alicyclic amines) is 1. The Balaban J connectivity index is 1.54. The first-order valence-corrected chi connectivity index (χ1v) is 9.47. The normalized spacial score (nSPS) is 26.1. The second-order valence-corrected chi connectivity index (χ2v) is 7.06. The summed E-state index contributed by atoms with van der Waals surface area (Å²) in [5, 5.41) is 6.68. The minimum atomic E-state index is -4.68. The summed E-state index contributed by atoms with van der Waals surface area (Å²) in [7, 11) is 1.71. The zero-order valence-electron chi connectivity index (χ0n) is 15.7. The van der Waals surface area contributed by atoms with Crippen LogP contribution in [0.2, 0.25) is 0 Å². The molecule has 0 bridgehead atoms. The maximum Gasteiger partial charge on any atom is 0.573 e. The molecule has 1 aliphatic heterocycles. The third-order valence-electron chi connectivity index (χ3n) is 5.29. The maximum absolute atomic E-state index is 12.6. The average molecular weight is 384 g/mol. The van der Waals surface area contributed by atoms with E-state index in [0.717, 1.165) is 26.1 Å². The molecule has 5 nitrogen and oxygen atoms in total. The molecule has 3 rings (SSSR count). The van der Waals surface area contributed by atoms with Gasteiger partial charge in [-0.2, -0.15) is 0 Å². The quantitative estimate of drug-likeness (QED) is 0.585. The van der Waals surface area contributed by atoms with Crippen molar-refractivity contribution in [1.82, 2.24) is 15.5 Å². The second-order valence-electron chi connectivity index (χ2n) is 7.06. The molecule has 2 fully saturated rings. The minimum absolute atomic E-state index is 0.0132. The predicted octanol–water partition coefficient (Wildman–Crippen LogP) is 3.09. The van der Waals surface area contributed by atoms with Crippen molar-refractivity contribution in [2.24, 2.45) is 4.99 Å². The van der Waals surface area contributed by atoms with Gasteiger partial charge in [0.2, 0.25) is 0 Å². The van der Waals surface area contributed by atoms with Crippen LogP contribution in [0.25, 0.3) is 0 Å². The molecule has 3 unspecified atom stereocenters. The van der Waals surface area contributed by atoms with Crippen molar-refractivity contribution in [2.75, 3.05) is 26.7 Å². The Morgan fingerprint density at radius 1 is 1.33 bits per heavy atom. The third kappa shape index (κ3) is 5.28. The van der Waals surface area contributed by atoms with Crippen LogP contribution in [-0.4, -0.2) is 56.0 Å². The average Bonchev–Trinajstić information content (AvgIpc) is 3.23. The number of ether oxygens (including phenoxy) is 1. The molecular weight excluding hydrogens is 357 g/mol. The standard InChI is InChI=1S/C19H27F3N4O/c1-3-26-10-6-7-13(26)12-24-18(23-2)25-16-11-15(16)14-8-4-5-9-17(14)27-19(20,21)22/h4-5,8-9,13,15-16H,3,6-7,10-12H2,1-2H3,(H2,23,24,25). The molecule has 1 saturated carbocycles. The fraction of sp³-hybridized carbons (Fsp3) is 0.632. The van der Waals surface area contributed by atoms with E-state index in [4.69, 9.17) is 0 Å². The number of rotatable bonds is 6. The molecule has 0 amide bonds. The van der Waals surface area contributed by atoms with Crippen molar-refractivity contribution >= 4 is 5.96 Å². The second kappa shape index (κ2) is 8.37. The lowest BCUT2D eigenvalue weighted by molar-refractivity contribution is -0.274. The van der Waals surface area contributed by atoms with Gasteiger partial charge in [-0.15, -0.1) is 13.2 Å². The molecule has 0 spiro atoms. The summed E-state index contributed by atoms with van der Waals surface area (Å²) in [4.78, 5) is 6.70. The largest absolute Gasteiger partial charge is 0.573 e. The van der Waals surface area contributed by atoms with Gasteiger partial charge >= 0.3 is 6.36 Å². The highest BCUT2D eigenvalue weighted by atomic mass is 19.4. The summed E-state index contributed by atoms with van der Waals surface area (Å²) in [6.07, 6.45) is -1.54. The number of alkyl halides is 3. The van der Waals surface area contributed by atoms with Crippen LogP contribution in [0.4, 0.5) is 13.2 Å². The topological polar surface area (TPSA) is 48.9 Å². The van der Waals surface area contributed by atoms with E-state index in [1.54, 1.807) is 25.2 Å². The third-order valence-corrected chi connectivity index (χ3v) is 5.29. The lowest BCUT2D eigenvalue weighted by Crippen LogP contribution is -2.45. The van der Waals surface area contributed by atoms with Gasteiger partial charge in [0.05, 0.1) is 0 Å². The maximum atomic E-state index is 12.6. The number of hydrogen-bond donors (Lipinski definition) is 2. The highest BCUT2D eigenvalue weighted by Crippen LogP contribution is 2.45. The summed E-state index contributed by atoms with van der Waals surface area (Å²) in [6, 6.07) is 6.91. The van der Waals surface area contributed by atoms with Gasteiger partial charge in [-0.05, 0) is 44.0 Å². The van der Waals surface area contributed by atoms with Crippen LogP contribution in [0, 0.1) is 0 Å². The molecule has 2 aliphatic rings. The molecule has 3 atom stereocenters. The molecule has 2 N–H and O–H groups in total. The monoisotopic (exact) mass is 384 g/mol. The van der Waals surface area contributed by atoms with E-state index < -0.39 is 6.36 Å². The molecule has 0 radical (unpaired) electrons. The Bertz CT molecular complexity index is 665. The first kappa shape index (κ1) is 19.8. The van der Waals surface area contributed by atoms with Crippen LogP contribution in [-0.2, 0) is 0 Å². The van der Waals surface area contributed by atoms with Gasteiger partial charge in [0.1, 0.15) is 5.75 Å². The fourth-order valence-electron chi connectivity index (χ4n) is 3.83. The van der Waals surface area contributed by atoms with E-state index in [2.05, 4.69) is 32.2 Å². The van der Waals surface area contributed by atoms with Crippen LogP contribution in [0.15, 0.2) is 29.3 Å². The van der Waals surface area contributed by atoms with Gasteiger partial charge in [0.15, 0.2) is 5.96 Å². The summed E-state index contributed by atoms with van der Waals surface area (Å²) in [5.41, 5.74) is 0.579. The number of para-hydroxylation sites is 1. The van der Waals surface area contributed by atoms with Crippen molar-refractivity contribution < 1.29 is 17.9 Å².